The van der Waals surface area contributed by atoms with Crippen LogP contribution in [0.4, 0.5) is 0 Å². The number of benzene rings is 1. The molecule has 4 nitrogen and oxygen atoms in total. The van der Waals surface area contributed by atoms with E-state index in [4.69, 9.17) is 4.74 Å². The number of carbonyl (C=O) groups is 2. The SMILES string of the molecule is O=C(CCCC(=O)c1ccccc1)NCC1CCCO1. The Morgan fingerprint density at radius 1 is 1.20 bits per heavy atom. The molecule has 1 aromatic carbocycles. The molecule has 1 aliphatic heterocycles. The first kappa shape index (κ1) is 14.7. The molecule has 1 aromatic rings. The van der Waals surface area contributed by atoms with Crippen LogP contribution in [0, 0.1) is 0 Å². The van der Waals surface area contributed by atoms with Crippen LogP contribution in [0.15, 0.2) is 30.3 Å². The molecule has 4 heteroatoms. The Kier molecular flexibility index (Phi) is 5.74. The van der Waals surface area contributed by atoms with Gasteiger partial charge >= 0.3 is 0 Å². The van der Waals surface area contributed by atoms with Crippen LogP contribution in [0.1, 0.15) is 42.5 Å². The number of hydrogen-bond acceptors (Lipinski definition) is 3. The summed E-state index contributed by atoms with van der Waals surface area (Å²) in [5, 5.41) is 2.86. The number of carbonyl (C=O) groups excluding carboxylic acids is 2. The largest absolute Gasteiger partial charge is 0.376 e. The first-order valence-corrected chi connectivity index (χ1v) is 7.22. The Bertz CT molecular complexity index is 438. The third kappa shape index (κ3) is 4.78. The lowest BCUT2D eigenvalue weighted by molar-refractivity contribution is -0.121. The van der Waals surface area contributed by atoms with Crippen LogP contribution >= 0.6 is 0 Å². The third-order valence-corrected chi connectivity index (χ3v) is 3.45. The molecule has 1 aliphatic rings. The molecule has 108 valence electrons. The highest BCUT2D eigenvalue weighted by atomic mass is 16.5. The van der Waals surface area contributed by atoms with Crippen LogP contribution in [-0.2, 0) is 9.53 Å². The molecule has 1 unspecified atom stereocenters. The van der Waals surface area contributed by atoms with Gasteiger partial charge < -0.3 is 10.1 Å². The van der Waals surface area contributed by atoms with Gasteiger partial charge in [-0.25, -0.2) is 0 Å². The fourth-order valence-electron chi connectivity index (χ4n) is 2.30. The van der Waals surface area contributed by atoms with Crippen molar-refractivity contribution in [3.63, 3.8) is 0 Å². The minimum atomic E-state index is 0.00126. The molecule has 0 radical (unpaired) electrons. The predicted molar refractivity (Wildman–Crippen MR) is 76.6 cm³/mol. The molecule has 20 heavy (non-hydrogen) atoms. The molecule has 0 bridgehead atoms. The van der Waals surface area contributed by atoms with E-state index in [0.717, 1.165) is 19.4 Å². The Morgan fingerprint density at radius 2 is 2.00 bits per heavy atom. The topological polar surface area (TPSA) is 55.4 Å². The Balaban J connectivity index is 1.60. The van der Waals surface area contributed by atoms with Crippen molar-refractivity contribution in [2.24, 2.45) is 0 Å². The lowest BCUT2D eigenvalue weighted by Crippen LogP contribution is -2.31. The standard InChI is InChI=1S/C16H21NO3/c18-15(13-6-2-1-3-7-13)9-4-10-16(19)17-12-14-8-5-11-20-14/h1-3,6-7,14H,4-5,8-12H2,(H,17,19). The van der Waals surface area contributed by atoms with Crippen LogP contribution in [0.3, 0.4) is 0 Å². The van der Waals surface area contributed by atoms with Crippen molar-refractivity contribution in [1.82, 2.24) is 5.32 Å². The average Bonchev–Trinajstić information content (AvgIpc) is 2.99. The summed E-state index contributed by atoms with van der Waals surface area (Å²) in [6, 6.07) is 9.19. The molecule has 1 amide bonds. The smallest absolute Gasteiger partial charge is 0.220 e. The molecular weight excluding hydrogens is 254 g/mol. The van der Waals surface area contributed by atoms with Crippen molar-refractivity contribution in [3.05, 3.63) is 35.9 Å². The normalized spacial score (nSPS) is 17.9. The van der Waals surface area contributed by atoms with E-state index >= 15 is 0 Å². The third-order valence-electron chi connectivity index (χ3n) is 3.45. The zero-order valence-electron chi connectivity index (χ0n) is 11.6. The van der Waals surface area contributed by atoms with Gasteiger partial charge in [0, 0.05) is 31.6 Å². The average molecular weight is 275 g/mol. The summed E-state index contributed by atoms with van der Waals surface area (Å²) in [5.74, 6) is 0.0962. The summed E-state index contributed by atoms with van der Waals surface area (Å²) in [6.45, 7) is 1.39. The zero-order valence-corrected chi connectivity index (χ0v) is 11.6. The van der Waals surface area contributed by atoms with E-state index in [0.29, 0.717) is 31.4 Å². The maximum Gasteiger partial charge on any atom is 0.220 e. The molecule has 0 saturated carbocycles. The minimum absolute atomic E-state index is 0.00126. The fourth-order valence-corrected chi connectivity index (χ4v) is 2.30. The second-order valence-electron chi connectivity index (χ2n) is 5.08. The fraction of sp³-hybridized carbons (Fsp3) is 0.500. The summed E-state index contributed by atoms with van der Waals surface area (Å²) in [6.07, 6.45) is 3.66. The van der Waals surface area contributed by atoms with Gasteiger partial charge in [-0.1, -0.05) is 30.3 Å². The highest BCUT2D eigenvalue weighted by Gasteiger charge is 2.16. The Morgan fingerprint density at radius 3 is 2.70 bits per heavy atom. The maximum atomic E-state index is 11.8. The maximum absolute atomic E-state index is 11.8. The van der Waals surface area contributed by atoms with E-state index in [1.54, 1.807) is 12.1 Å². The number of nitrogens with one attached hydrogen (secondary N) is 1. The van der Waals surface area contributed by atoms with Crippen LogP contribution in [-0.4, -0.2) is 30.9 Å². The molecule has 0 aromatic heterocycles. The van der Waals surface area contributed by atoms with Gasteiger partial charge in [-0.15, -0.1) is 0 Å². The second-order valence-corrected chi connectivity index (χ2v) is 5.08. The van der Waals surface area contributed by atoms with Crippen LogP contribution in [0.5, 0.6) is 0 Å². The number of Topliss-reactive ketones (excluding diaryl/α,β-unsaturated/α-hetero) is 1. The lowest BCUT2D eigenvalue weighted by Gasteiger charge is -2.10. The molecule has 0 aliphatic carbocycles. The van der Waals surface area contributed by atoms with Crippen molar-refractivity contribution in [2.75, 3.05) is 13.2 Å². The van der Waals surface area contributed by atoms with E-state index in [-0.39, 0.29) is 17.8 Å². The lowest BCUT2D eigenvalue weighted by atomic mass is 10.1. The van der Waals surface area contributed by atoms with E-state index in [1.165, 1.54) is 0 Å². The summed E-state index contributed by atoms with van der Waals surface area (Å²) >= 11 is 0. The van der Waals surface area contributed by atoms with Crippen molar-refractivity contribution in [3.8, 4) is 0 Å². The highest BCUT2D eigenvalue weighted by Crippen LogP contribution is 2.11. The molecule has 1 atom stereocenters. The summed E-state index contributed by atoms with van der Waals surface area (Å²) in [7, 11) is 0. The van der Waals surface area contributed by atoms with Crippen molar-refractivity contribution in [2.45, 2.75) is 38.2 Å². The van der Waals surface area contributed by atoms with Gasteiger partial charge in [0.15, 0.2) is 5.78 Å². The quantitative estimate of drug-likeness (QED) is 0.777. The number of ketones is 1. The van der Waals surface area contributed by atoms with Gasteiger partial charge in [-0.3, -0.25) is 9.59 Å². The van der Waals surface area contributed by atoms with Crippen molar-refractivity contribution >= 4 is 11.7 Å². The van der Waals surface area contributed by atoms with Crippen molar-refractivity contribution < 1.29 is 14.3 Å². The molecule has 0 spiro atoms. The van der Waals surface area contributed by atoms with Gasteiger partial charge in [0.1, 0.15) is 0 Å². The molecule has 1 heterocycles. The van der Waals surface area contributed by atoms with Gasteiger partial charge in [0.05, 0.1) is 6.10 Å². The van der Waals surface area contributed by atoms with Gasteiger partial charge in [0.25, 0.3) is 0 Å². The Labute approximate surface area is 119 Å². The summed E-state index contributed by atoms with van der Waals surface area (Å²) < 4.78 is 5.44. The van der Waals surface area contributed by atoms with E-state index in [1.807, 2.05) is 18.2 Å². The molecule has 2 rings (SSSR count). The second kappa shape index (κ2) is 7.80. The highest BCUT2D eigenvalue weighted by molar-refractivity contribution is 5.96. The van der Waals surface area contributed by atoms with Gasteiger partial charge in [-0.2, -0.15) is 0 Å². The number of ether oxygens (including phenoxy) is 1. The van der Waals surface area contributed by atoms with E-state index < -0.39 is 0 Å². The first-order chi connectivity index (χ1) is 9.75. The summed E-state index contributed by atoms with van der Waals surface area (Å²) in [4.78, 5) is 23.5. The van der Waals surface area contributed by atoms with Crippen LogP contribution in [0.2, 0.25) is 0 Å². The zero-order chi connectivity index (χ0) is 14.2. The number of hydrogen-bond donors (Lipinski definition) is 1. The van der Waals surface area contributed by atoms with Gasteiger partial charge in [-0.05, 0) is 19.3 Å². The Hall–Kier alpha value is -1.68. The monoisotopic (exact) mass is 275 g/mol. The van der Waals surface area contributed by atoms with Crippen molar-refractivity contribution in [1.29, 1.82) is 0 Å². The van der Waals surface area contributed by atoms with Gasteiger partial charge in [0.2, 0.25) is 5.91 Å². The first-order valence-electron chi connectivity index (χ1n) is 7.22. The van der Waals surface area contributed by atoms with E-state index in [2.05, 4.69) is 5.32 Å². The number of amides is 1. The van der Waals surface area contributed by atoms with Crippen LogP contribution < -0.4 is 5.32 Å². The minimum Gasteiger partial charge on any atom is -0.376 e. The molecule has 1 saturated heterocycles. The number of rotatable bonds is 7. The van der Waals surface area contributed by atoms with Crippen LogP contribution in [0.25, 0.3) is 0 Å². The van der Waals surface area contributed by atoms with E-state index in [9.17, 15) is 9.59 Å². The molecule has 1 fully saturated rings. The molecular formula is C16H21NO3. The molecule has 1 N–H and O–H groups in total. The summed E-state index contributed by atoms with van der Waals surface area (Å²) in [5.41, 5.74) is 0.715. The predicted octanol–water partition coefficient (Wildman–Crippen LogP) is 2.33.